The van der Waals surface area contributed by atoms with E-state index < -0.39 is 5.97 Å². The van der Waals surface area contributed by atoms with Gasteiger partial charge in [-0.05, 0) is 56.0 Å². The first-order chi connectivity index (χ1) is 12.0. The Morgan fingerprint density at radius 2 is 1.68 bits per heavy atom. The Kier molecular flexibility index (Phi) is 5.03. The minimum atomic E-state index is -1.28. The van der Waals surface area contributed by atoms with Gasteiger partial charge in [-0.1, -0.05) is 18.6 Å². The van der Waals surface area contributed by atoms with Crippen LogP contribution in [0.25, 0.3) is 0 Å². The third-order valence-electron chi connectivity index (χ3n) is 4.44. The van der Waals surface area contributed by atoms with Gasteiger partial charge in [0.05, 0.1) is 6.10 Å². The number of ketones is 1. The quantitative estimate of drug-likeness (QED) is 0.803. The van der Waals surface area contributed by atoms with Crippen molar-refractivity contribution in [3.05, 3.63) is 59.2 Å². The molecule has 0 bridgehead atoms. The average Bonchev–Trinajstić information content (AvgIpc) is 2.62. The minimum Gasteiger partial charge on any atom is -0.507 e. The third-order valence-corrected chi connectivity index (χ3v) is 4.44. The molecule has 0 saturated heterocycles. The highest BCUT2D eigenvalue weighted by molar-refractivity contribution is 6.10. The maximum absolute atomic E-state index is 12.6. The fraction of sp³-hybridized carbons (Fsp3) is 0.300. The Morgan fingerprint density at radius 1 is 0.960 bits per heavy atom. The maximum Gasteiger partial charge on any atom is 0.339 e. The van der Waals surface area contributed by atoms with E-state index in [1.54, 1.807) is 18.2 Å². The molecule has 2 aromatic carbocycles. The van der Waals surface area contributed by atoms with Crippen LogP contribution in [-0.4, -0.2) is 28.1 Å². The number of benzene rings is 2. The van der Waals surface area contributed by atoms with E-state index in [0.29, 0.717) is 11.3 Å². The smallest absolute Gasteiger partial charge is 0.339 e. The van der Waals surface area contributed by atoms with Crippen molar-refractivity contribution in [3.8, 4) is 11.5 Å². The Bertz CT molecular complexity index is 790. The van der Waals surface area contributed by atoms with Gasteiger partial charge in [0.15, 0.2) is 5.78 Å². The van der Waals surface area contributed by atoms with Crippen LogP contribution in [-0.2, 0) is 0 Å². The summed E-state index contributed by atoms with van der Waals surface area (Å²) < 4.78 is 5.98. The maximum atomic E-state index is 12.6. The summed E-state index contributed by atoms with van der Waals surface area (Å²) in [7, 11) is 0. The van der Waals surface area contributed by atoms with E-state index in [1.165, 1.54) is 24.6 Å². The third kappa shape index (κ3) is 3.99. The van der Waals surface area contributed by atoms with Crippen molar-refractivity contribution in [2.75, 3.05) is 0 Å². The Labute approximate surface area is 145 Å². The Balaban J connectivity index is 1.81. The molecule has 0 atom stereocenters. The molecular weight excluding hydrogens is 320 g/mol. The number of carboxylic acid groups (broad SMARTS) is 1. The van der Waals surface area contributed by atoms with Crippen LogP contribution in [0.5, 0.6) is 11.5 Å². The van der Waals surface area contributed by atoms with Gasteiger partial charge in [0.1, 0.15) is 17.1 Å². The second-order valence-electron chi connectivity index (χ2n) is 6.27. The first-order valence-corrected chi connectivity index (χ1v) is 8.42. The molecule has 0 unspecified atom stereocenters. The second kappa shape index (κ2) is 7.38. The number of hydrogen-bond acceptors (Lipinski definition) is 4. The number of hydrogen-bond donors (Lipinski definition) is 2. The summed E-state index contributed by atoms with van der Waals surface area (Å²) in [6.07, 6.45) is 5.80. The average molecular weight is 340 g/mol. The van der Waals surface area contributed by atoms with E-state index in [1.807, 2.05) is 6.07 Å². The lowest BCUT2D eigenvalue weighted by atomic mass is 9.97. The zero-order valence-electron chi connectivity index (χ0n) is 13.8. The van der Waals surface area contributed by atoms with Gasteiger partial charge in [0, 0.05) is 11.1 Å². The van der Waals surface area contributed by atoms with Crippen LogP contribution in [0.15, 0.2) is 42.5 Å². The number of rotatable bonds is 5. The standard InChI is InChI=1S/C20H20O5/c21-18-10-9-14(12-17(18)20(23)24)19(22)13-5-4-8-16(11-13)25-15-6-2-1-3-7-15/h4-5,8-12,15,21H,1-3,6-7H2,(H,23,24). The fourth-order valence-electron chi connectivity index (χ4n) is 3.10. The highest BCUT2D eigenvalue weighted by Crippen LogP contribution is 2.25. The van der Waals surface area contributed by atoms with Gasteiger partial charge in [-0.3, -0.25) is 4.79 Å². The first-order valence-electron chi connectivity index (χ1n) is 8.42. The number of ether oxygens (including phenoxy) is 1. The van der Waals surface area contributed by atoms with Crippen molar-refractivity contribution in [3.63, 3.8) is 0 Å². The molecule has 2 N–H and O–H groups in total. The summed E-state index contributed by atoms with van der Waals surface area (Å²) in [4.78, 5) is 23.8. The van der Waals surface area contributed by atoms with Gasteiger partial charge in [0.2, 0.25) is 0 Å². The molecule has 25 heavy (non-hydrogen) atoms. The monoisotopic (exact) mass is 340 g/mol. The van der Waals surface area contributed by atoms with Crippen LogP contribution in [0, 0.1) is 0 Å². The molecule has 3 rings (SSSR count). The summed E-state index contributed by atoms with van der Waals surface area (Å²) in [5.74, 6) is -1.30. The summed E-state index contributed by atoms with van der Waals surface area (Å²) in [6.45, 7) is 0. The lowest BCUT2D eigenvalue weighted by Gasteiger charge is -2.23. The molecule has 1 saturated carbocycles. The number of aromatic carboxylic acids is 1. The molecule has 1 aliphatic rings. The molecule has 0 aliphatic heterocycles. The zero-order chi connectivity index (χ0) is 17.8. The molecule has 5 nitrogen and oxygen atoms in total. The van der Waals surface area contributed by atoms with Crippen LogP contribution in [0.4, 0.5) is 0 Å². The molecule has 0 spiro atoms. The fourth-order valence-corrected chi connectivity index (χ4v) is 3.10. The molecule has 5 heteroatoms. The van der Waals surface area contributed by atoms with Crippen LogP contribution >= 0.6 is 0 Å². The van der Waals surface area contributed by atoms with E-state index in [-0.39, 0.29) is 28.8 Å². The predicted molar refractivity (Wildman–Crippen MR) is 92.4 cm³/mol. The lowest BCUT2D eigenvalue weighted by molar-refractivity contribution is 0.0693. The number of carboxylic acids is 1. The number of phenols is 1. The van der Waals surface area contributed by atoms with E-state index >= 15 is 0 Å². The summed E-state index contributed by atoms with van der Waals surface area (Å²) >= 11 is 0. The normalized spacial score (nSPS) is 14.9. The van der Waals surface area contributed by atoms with Gasteiger partial charge >= 0.3 is 5.97 Å². The molecule has 130 valence electrons. The van der Waals surface area contributed by atoms with Crippen LogP contribution in [0.1, 0.15) is 58.4 Å². The topological polar surface area (TPSA) is 83.8 Å². The molecule has 2 aromatic rings. The lowest BCUT2D eigenvalue weighted by Crippen LogP contribution is -2.19. The second-order valence-corrected chi connectivity index (χ2v) is 6.27. The molecule has 0 amide bonds. The zero-order valence-corrected chi connectivity index (χ0v) is 13.8. The van der Waals surface area contributed by atoms with Gasteiger partial charge in [-0.2, -0.15) is 0 Å². The van der Waals surface area contributed by atoms with E-state index in [0.717, 1.165) is 25.7 Å². The van der Waals surface area contributed by atoms with Crippen LogP contribution in [0.3, 0.4) is 0 Å². The number of carbonyl (C=O) groups is 2. The van der Waals surface area contributed by atoms with E-state index in [4.69, 9.17) is 9.84 Å². The summed E-state index contributed by atoms with van der Waals surface area (Å²) in [5.41, 5.74) is 0.348. The molecule has 0 radical (unpaired) electrons. The molecule has 1 fully saturated rings. The van der Waals surface area contributed by atoms with Crippen molar-refractivity contribution >= 4 is 11.8 Å². The summed E-state index contributed by atoms with van der Waals surface area (Å²) in [5, 5.41) is 18.6. The van der Waals surface area contributed by atoms with E-state index in [9.17, 15) is 14.7 Å². The first kappa shape index (κ1) is 17.0. The molecule has 0 aromatic heterocycles. The van der Waals surface area contributed by atoms with Crippen molar-refractivity contribution in [2.45, 2.75) is 38.2 Å². The molecule has 1 aliphatic carbocycles. The molecular formula is C20H20O5. The number of carbonyl (C=O) groups excluding carboxylic acids is 1. The highest BCUT2D eigenvalue weighted by atomic mass is 16.5. The number of aromatic hydroxyl groups is 1. The predicted octanol–water partition coefficient (Wildman–Crippen LogP) is 4.03. The van der Waals surface area contributed by atoms with E-state index in [2.05, 4.69) is 0 Å². The van der Waals surface area contributed by atoms with Gasteiger partial charge in [-0.25, -0.2) is 4.79 Å². The van der Waals surface area contributed by atoms with Crippen molar-refractivity contribution in [1.82, 2.24) is 0 Å². The van der Waals surface area contributed by atoms with Crippen molar-refractivity contribution < 1.29 is 24.5 Å². The van der Waals surface area contributed by atoms with Crippen LogP contribution in [0.2, 0.25) is 0 Å². The van der Waals surface area contributed by atoms with Crippen LogP contribution < -0.4 is 4.74 Å². The minimum absolute atomic E-state index is 0.186. The van der Waals surface area contributed by atoms with Crippen molar-refractivity contribution in [2.24, 2.45) is 0 Å². The van der Waals surface area contributed by atoms with Crippen molar-refractivity contribution in [1.29, 1.82) is 0 Å². The Hall–Kier alpha value is -2.82. The van der Waals surface area contributed by atoms with Gasteiger partial charge < -0.3 is 14.9 Å². The van der Waals surface area contributed by atoms with Gasteiger partial charge in [-0.15, -0.1) is 0 Å². The SMILES string of the molecule is O=C(c1cccc(OC2CCCCC2)c1)c1ccc(O)c(C(=O)O)c1. The Morgan fingerprint density at radius 3 is 2.40 bits per heavy atom. The summed E-state index contributed by atoms with van der Waals surface area (Å²) in [6, 6.07) is 10.8. The molecule has 0 heterocycles. The highest BCUT2D eigenvalue weighted by Gasteiger charge is 2.18. The largest absolute Gasteiger partial charge is 0.507 e. The van der Waals surface area contributed by atoms with Gasteiger partial charge in [0.25, 0.3) is 0 Å².